The molecule has 10 heteroatoms. The molecule has 2 saturated heterocycles. The first-order valence-corrected chi connectivity index (χ1v) is 12.3. The molecule has 2 aliphatic heterocycles. The molecule has 0 aliphatic carbocycles. The number of piperidine rings is 1. The Morgan fingerprint density at radius 2 is 1.67 bits per heavy atom. The summed E-state index contributed by atoms with van der Waals surface area (Å²) in [6, 6.07) is 4.86. The van der Waals surface area contributed by atoms with Gasteiger partial charge in [0.15, 0.2) is 0 Å². The summed E-state index contributed by atoms with van der Waals surface area (Å²) in [5, 5.41) is 0. The normalized spacial score (nSPS) is 21.2. The maximum absolute atomic E-state index is 12.4. The fraction of sp³-hybridized carbons (Fsp3) is 0.654. The second kappa shape index (κ2) is 11.9. The maximum Gasteiger partial charge on any atom is 0.410 e. The molecule has 200 valence electrons. The highest BCUT2D eigenvalue weighted by Crippen LogP contribution is 2.28. The van der Waals surface area contributed by atoms with Crippen LogP contribution in [0.4, 0.5) is 4.79 Å². The first-order valence-electron chi connectivity index (χ1n) is 12.3. The molecule has 1 aromatic carbocycles. The van der Waals surface area contributed by atoms with Gasteiger partial charge in [0.2, 0.25) is 0 Å². The van der Waals surface area contributed by atoms with Gasteiger partial charge in [-0.15, -0.1) is 0 Å². The van der Waals surface area contributed by atoms with Crippen molar-refractivity contribution in [1.29, 1.82) is 0 Å². The number of carbonyl (C=O) groups excluding carboxylic acids is 3. The number of ether oxygens (including phenoxy) is 5. The van der Waals surface area contributed by atoms with Crippen LogP contribution < -0.4 is 4.74 Å². The first kappa shape index (κ1) is 27.7. The largest absolute Gasteiger partial charge is 0.491 e. The molecule has 0 spiro atoms. The topological polar surface area (TPSA) is 104 Å². The van der Waals surface area contributed by atoms with Crippen molar-refractivity contribution < 1.29 is 38.1 Å². The molecule has 0 saturated carbocycles. The molecule has 2 heterocycles. The lowest BCUT2D eigenvalue weighted by molar-refractivity contribution is -0.0417. The number of likely N-dealkylation sites (N-methyl/N-ethyl adjacent to an activating group) is 1. The van der Waals surface area contributed by atoms with E-state index in [1.54, 1.807) is 17.0 Å². The molecule has 1 amide bonds. The Morgan fingerprint density at radius 1 is 1.00 bits per heavy atom. The highest BCUT2D eigenvalue weighted by molar-refractivity contribution is 6.05. The van der Waals surface area contributed by atoms with Gasteiger partial charge in [0, 0.05) is 25.7 Å². The molecule has 10 nitrogen and oxygen atoms in total. The summed E-state index contributed by atoms with van der Waals surface area (Å²) in [6.45, 7) is 7.90. The minimum Gasteiger partial charge on any atom is -0.491 e. The van der Waals surface area contributed by atoms with Gasteiger partial charge in [-0.25, -0.2) is 14.4 Å². The Hall–Kier alpha value is -2.85. The summed E-state index contributed by atoms with van der Waals surface area (Å²) in [4.78, 5) is 40.7. The van der Waals surface area contributed by atoms with Crippen LogP contribution in [0.2, 0.25) is 0 Å². The van der Waals surface area contributed by atoms with E-state index >= 15 is 0 Å². The zero-order valence-corrected chi connectivity index (χ0v) is 22.1. The van der Waals surface area contributed by atoms with Crippen LogP contribution in [0.5, 0.6) is 5.75 Å². The number of hydrogen-bond donors (Lipinski definition) is 0. The lowest BCUT2D eigenvalue weighted by atomic mass is 10.1. The molecule has 0 aromatic heterocycles. The van der Waals surface area contributed by atoms with E-state index < -0.39 is 17.5 Å². The summed E-state index contributed by atoms with van der Waals surface area (Å²) in [6.07, 6.45) is 2.16. The summed E-state index contributed by atoms with van der Waals surface area (Å²) in [5.74, 6) is -1.02. The number of likely N-dealkylation sites (tertiary alicyclic amines) is 2. The van der Waals surface area contributed by atoms with E-state index in [0.717, 1.165) is 25.8 Å². The van der Waals surface area contributed by atoms with Gasteiger partial charge in [-0.05, 0) is 59.2 Å². The van der Waals surface area contributed by atoms with E-state index in [4.69, 9.17) is 23.7 Å². The predicted molar refractivity (Wildman–Crippen MR) is 131 cm³/mol. The minimum absolute atomic E-state index is 0.0446. The molecule has 36 heavy (non-hydrogen) atoms. The van der Waals surface area contributed by atoms with E-state index in [9.17, 15) is 14.4 Å². The number of methoxy groups -OCH3 is 2. The van der Waals surface area contributed by atoms with Crippen molar-refractivity contribution in [3.8, 4) is 5.75 Å². The molecule has 0 unspecified atom stereocenters. The standard InChI is InChI=1S/C26H38N2O8/c1-26(2,3)36-25(31)28-12-10-18(11-13-28)35-19-14-17(27(4)15-19)16-34-21-9-7-8-20(23(29)32-5)22(21)24(30)33-6/h7-9,17-19H,10-16H2,1-6H3/t17-,19+/m0/s1. The summed E-state index contributed by atoms with van der Waals surface area (Å²) in [7, 11) is 4.52. The van der Waals surface area contributed by atoms with Crippen molar-refractivity contribution >= 4 is 18.0 Å². The zero-order valence-electron chi connectivity index (χ0n) is 22.1. The quantitative estimate of drug-likeness (QED) is 0.407. The summed E-state index contributed by atoms with van der Waals surface area (Å²) >= 11 is 0. The smallest absolute Gasteiger partial charge is 0.410 e. The first-order chi connectivity index (χ1) is 17.0. The zero-order chi connectivity index (χ0) is 26.5. The number of esters is 2. The van der Waals surface area contributed by atoms with Gasteiger partial charge in [-0.1, -0.05) is 6.07 Å². The SMILES string of the molecule is COC(=O)c1cccc(OC[C@@H]2C[C@@H](OC3CCN(C(=O)OC(C)(C)C)CC3)CN2C)c1C(=O)OC. The minimum atomic E-state index is -0.662. The van der Waals surface area contributed by atoms with Gasteiger partial charge in [-0.3, -0.25) is 4.90 Å². The molecule has 3 rings (SSSR count). The molecule has 2 atom stereocenters. The highest BCUT2D eigenvalue weighted by atomic mass is 16.6. The van der Waals surface area contributed by atoms with Crippen molar-refractivity contribution in [3.05, 3.63) is 29.3 Å². The third-order valence-electron chi connectivity index (χ3n) is 6.38. The van der Waals surface area contributed by atoms with Crippen molar-refractivity contribution in [2.45, 2.75) is 63.9 Å². The van der Waals surface area contributed by atoms with Gasteiger partial charge in [0.25, 0.3) is 0 Å². The average Bonchev–Trinajstić information content (AvgIpc) is 3.19. The predicted octanol–water partition coefficient (Wildman–Crippen LogP) is 3.13. The highest BCUT2D eigenvalue weighted by Gasteiger charge is 2.35. The second-order valence-electron chi connectivity index (χ2n) is 10.2. The van der Waals surface area contributed by atoms with Crippen LogP contribution in [0.3, 0.4) is 0 Å². The molecular formula is C26H38N2O8. The molecule has 0 N–H and O–H groups in total. The lowest BCUT2D eigenvalue weighted by Crippen LogP contribution is -2.44. The van der Waals surface area contributed by atoms with Crippen LogP contribution in [0.25, 0.3) is 0 Å². The summed E-state index contributed by atoms with van der Waals surface area (Å²) in [5.41, 5.74) is -0.355. The van der Waals surface area contributed by atoms with Crippen LogP contribution in [-0.4, -0.2) is 99.2 Å². The third-order valence-corrected chi connectivity index (χ3v) is 6.38. The van der Waals surface area contributed by atoms with Crippen molar-refractivity contribution in [1.82, 2.24) is 9.80 Å². The van der Waals surface area contributed by atoms with E-state index in [1.807, 2.05) is 27.8 Å². The summed E-state index contributed by atoms with van der Waals surface area (Å²) < 4.78 is 27.5. The molecule has 0 bridgehead atoms. The maximum atomic E-state index is 12.4. The number of hydrogen-bond acceptors (Lipinski definition) is 9. The van der Waals surface area contributed by atoms with Crippen LogP contribution in [-0.2, 0) is 18.9 Å². The van der Waals surface area contributed by atoms with Gasteiger partial charge < -0.3 is 28.6 Å². The van der Waals surface area contributed by atoms with E-state index in [2.05, 4.69) is 4.90 Å². The van der Waals surface area contributed by atoms with Crippen LogP contribution in [0.15, 0.2) is 18.2 Å². The number of amides is 1. The molecule has 1 aromatic rings. The van der Waals surface area contributed by atoms with Crippen molar-refractivity contribution in [3.63, 3.8) is 0 Å². The molecule has 2 fully saturated rings. The van der Waals surface area contributed by atoms with E-state index in [1.165, 1.54) is 20.3 Å². The molecule has 2 aliphatic rings. The van der Waals surface area contributed by atoms with Crippen molar-refractivity contribution in [2.24, 2.45) is 0 Å². The Bertz CT molecular complexity index is 936. The van der Waals surface area contributed by atoms with Gasteiger partial charge in [0.05, 0.1) is 32.0 Å². The van der Waals surface area contributed by atoms with Crippen LogP contribution >= 0.6 is 0 Å². The lowest BCUT2D eigenvalue weighted by Gasteiger charge is -2.34. The second-order valence-corrected chi connectivity index (χ2v) is 10.2. The average molecular weight is 507 g/mol. The Balaban J connectivity index is 1.53. The third kappa shape index (κ3) is 7.10. The number of benzene rings is 1. The molecule has 0 radical (unpaired) electrons. The fourth-order valence-corrected chi connectivity index (χ4v) is 4.53. The van der Waals surface area contributed by atoms with Gasteiger partial charge in [0.1, 0.15) is 23.5 Å². The van der Waals surface area contributed by atoms with Gasteiger partial charge in [-0.2, -0.15) is 0 Å². The van der Waals surface area contributed by atoms with Gasteiger partial charge >= 0.3 is 18.0 Å². The Kier molecular flexibility index (Phi) is 9.19. The number of rotatable bonds is 7. The van der Waals surface area contributed by atoms with Crippen LogP contribution in [0.1, 0.15) is 60.7 Å². The fourth-order valence-electron chi connectivity index (χ4n) is 4.53. The van der Waals surface area contributed by atoms with Crippen molar-refractivity contribution in [2.75, 3.05) is 47.5 Å². The number of nitrogens with zero attached hydrogens (tertiary/aromatic N) is 2. The van der Waals surface area contributed by atoms with E-state index in [0.29, 0.717) is 19.7 Å². The molecular weight excluding hydrogens is 468 g/mol. The Morgan fingerprint density at radius 3 is 2.28 bits per heavy atom. The van der Waals surface area contributed by atoms with Crippen LogP contribution in [0, 0.1) is 0 Å². The number of carbonyl (C=O) groups is 3. The Labute approximate surface area is 212 Å². The monoisotopic (exact) mass is 506 g/mol. The van der Waals surface area contributed by atoms with E-state index in [-0.39, 0.29) is 41.2 Å².